The average molecular weight is 261 g/mol. The van der Waals surface area contributed by atoms with Crippen LogP contribution in [0.1, 0.15) is 19.8 Å². The number of aromatic nitrogens is 2. The lowest BCUT2D eigenvalue weighted by atomic mass is 10.1. The van der Waals surface area contributed by atoms with Crippen molar-refractivity contribution in [1.29, 1.82) is 0 Å². The first-order valence-corrected chi connectivity index (χ1v) is 6.45. The topological polar surface area (TPSA) is 133 Å². The van der Waals surface area contributed by atoms with Crippen molar-refractivity contribution in [3.05, 3.63) is 12.4 Å². The predicted molar refractivity (Wildman–Crippen MR) is 61.0 cm³/mol. The van der Waals surface area contributed by atoms with Crippen molar-refractivity contribution in [2.75, 3.05) is 0 Å². The first-order chi connectivity index (χ1) is 7.99. The summed E-state index contributed by atoms with van der Waals surface area (Å²) in [5, 5.41) is 17.2. The van der Waals surface area contributed by atoms with Crippen LogP contribution in [0.3, 0.4) is 0 Å². The largest absolute Gasteiger partial charge is 0.409 e. The predicted octanol–water partition coefficient (Wildman–Crippen LogP) is -0.397. The van der Waals surface area contributed by atoms with Crippen LogP contribution < -0.4 is 10.5 Å². The summed E-state index contributed by atoms with van der Waals surface area (Å²) in [6.45, 7) is 1.80. The minimum Gasteiger partial charge on any atom is -0.409 e. The number of amidine groups is 1. The van der Waals surface area contributed by atoms with E-state index < -0.39 is 16.1 Å². The summed E-state index contributed by atoms with van der Waals surface area (Å²) in [6.07, 6.45) is 3.15. The molecule has 96 valence electrons. The first-order valence-electron chi connectivity index (χ1n) is 4.97. The number of aromatic amines is 1. The fraction of sp³-hybridized carbons (Fsp3) is 0.500. The van der Waals surface area contributed by atoms with E-state index in [4.69, 9.17) is 10.9 Å². The van der Waals surface area contributed by atoms with Crippen LogP contribution in [0.25, 0.3) is 0 Å². The molecule has 0 bridgehead atoms. The number of nitrogens with two attached hydrogens (primary N) is 1. The Morgan fingerprint density at radius 1 is 1.76 bits per heavy atom. The monoisotopic (exact) mass is 261 g/mol. The van der Waals surface area contributed by atoms with E-state index in [2.05, 4.69) is 20.1 Å². The van der Waals surface area contributed by atoms with Crippen molar-refractivity contribution in [1.82, 2.24) is 14.9 Å². The Morgan fingerprint density at radius 2 is 2.47 bits per heavy atom. The second kappa shape index (κ2) is 5.64. The summed E-state index contributed by atoms with van der Waals surface area (Å²) in [5.74, 6) is -0.0215. The third-order valence-corrected chi connectivity index (χ3v) is 3.67. The van der Waals surface area contributed by atoms with Gasteiger partial charge in [0.15, 0.2) is 0 Å². The smallest absolute Gasteiger partial charge is 0.243 e. The van der Waals surface area contributed by atoms with Gasteiger partial charge < -0.3 is 10.9 Å². The van der Waals surface area contributed by atoms with Crippen molar-refractivity contribution in [3.8, 4) is 0 Å². The fourth-order valence-corrected chi connectivity index (χ4v) is 2.46. The molecule has 0 aliphatic heterocycles. The van der Waals surface area contributed by atoms with Crippen LogP contribution >= 0.6 is 0 Å². The summed E-state index contributed by atoms with van der Waals surface area (Å²) >= 11 is 0. The molecule has 5 N–H and O–H groups in total. The lowest BCUT2D eigenvalue weighted by Crippen LogP contribution is -2.37. The molecule has 0 amide bonds. The summed E-state index contributed by atoms with van der Waals surface area (Å²) < 4.78 is 26.1. The molecule has 0 spiro atoms. The maximum absolute atomic E-state index is 11.8. The van der Waals surface area contributed by atoms with Gasteiger partial charge >= 0.3 is 0 Å². The lowest BCUT2D eigenvalue weighted by Gasteiger charge is -2.15. The highest BCUT2D eigenvalue weighted by Crippen LogP contribution is 2.08. The van der Waals surface area contributed by atoms with Crippen LogP contribution in [0.5, 0.6) is 0 Å². The zero-order chi connectivity index (χ0) is 12.9. The Hall–Kier alpha value is -1.61. The third kappa shape index (κ3) is 3.71. The van der Waals surface area contributed by atoms with Gasteiger partial charge in [-0.2, -0.15) is 5.10 Å². The van der Waals surface area contributed by atoms with Crippen LogP contribution in [0.2, 0.25) is 0 Å². The second-order valence-electron chi connectivity index (χ2n) is 3.46. The summed E-state index contributed by atoms with van der Waals surface area (Å²) in [4.78, 5) is 0.0514. The molecule has 1 heterocycles. The Morgan fingerprint density at radius 3 is 2.94 bits per heavy atom. The number of hydrogen-bond donors (Lipinski definition) is 4. The molecule has 9 heteroatoms. The van der Waals surface area contributed by atoms with Gasteiger partial charge in [-0.15, -0.1) is 0 Å². The molecule has 0 aromatic carbocycles. The van der Waals surface area contributed by atoms with Crippen molar-refractivity contribution in [3.63, 3.8) is 0 Å². The van der Waals surface area contributed by atoms with Gasteiger partial charge in [0, 0.05) is 18.7 Å². The molecule has 0 fully saturated rings. The molecule has 1 unspecified atom stereocenters. The number of nitrogens with zero attached hydrogens (tertiary/aromatic N) is 2. The van der Waals surface area contributed by atoms with E-state index in [0.717, 1.165) is 0 Å². The highest BCUT2D eigenvalue weighted by Gasteiger charge is 2.20. The maximum atomic E-state index is 11.8. The van der Waals surface area contributed by atoms with Gasteiger partial charge in [-0.1, -0.05) is 12.1 Å². The molecule has 8 nitrogen and oxygen atoms in total. The maximum Gasteiger partial charge on any atom is 0.243 e. The Bertz CT molecular complexity index is 467. The lowest BCUT2D eigenvalue weighted by molar-refractivity contribution is 0.316. The van der Waals surface area contributed by atoms with Gasteiger partial charge in [0.1, 0.15) is 10.7 Å². The SMILES string of the molecule is CCC(CC(N)=NO)NS(=O)(=O)c1cn[nH]c1. The van der Waals surface area contributed by atoms with Gasteiger partial charge in [-0.3, -0.25) is 5.10 Å². The Kier molecular flexibility index (Phi) is 4.46. The van der Waals surface area contributed by atoms with Gasteiger partial charge in [0.05, 0.1) is 6.20 Å². The van der Waals surface area contributed by atoms with E-state index in [1.807, 2.05) is 0 Å². The van der Waals surface area contributed by atoms with E-state index in [0.29, 0.717) is 6.42 Å². The van der Waals surface area contributed by atoms with Crippen LogP contribution in [0, 0.1) is 0 Å². The molecule has 0 saturated heterocycles. The number of hydrogen-bond acceptors (Lipinski definition) is 5. The number of sulfonamides is 1. The Labute approximate surface area is 98.9 Å². The molecule has 17 heavy (non-hydrogen) atoms. The average Bonchev–Trinajstić information content (AvgIpc) is 2.81. The van der Waals surface area contributed by atoms with Gasteiger partial charge in [-0.25, -0.2) is 13.1 Å². The van der Waals surface area contributed by atoms with E-state index in [-0.39, 0.29) is 17.2 Å². The van der Waals surface area contributed by atoms with E-state index >= 15 is 0 Å². The first kappa shape index (κ1) is 13.5. The van der Waals surface area contributed by atoms with Crippen molar-refractivity contribution in [2.45, 2.75) is 30.7 Å². The molecule has 1 aromatic heterocycles. The van der Waals surface area contributed by atoms with Gasteiger partial charge in [-0.05, 0) is 6.42 Å². The minimum absolute atomic E-state index is 0.0215. The summed E-state index contributed by atoms with van der Waals surface area (Å²) in [7, 11) is -3.62. The molecular weight excluding hydrogens is 246 g/mol. The quantitative estimate of drug-likeness (QED) is 0.239. The van der Waals surface area contributed by atoms with Crippen LogP contribution in [0.4, 0.5) is 0 Å². The van der Waals surface area contributed by atoms with Crippen LogP contribution in [-0.2, 0) is 10.0 Å². The highest BCUT2D eigenvalue weighted by molar-refractivity contribution is 7.89. The normalized spacial score (nSPS) is 14.8. The second-order valence-corrected chi connectivity index (χ2v) is 5.17. The minimum atomic E-state index is -3.62. The molecule has 0 saturated carbocycles. The molecule has 1 rings (SSSR count). The van der Waals surface area contributed by atoms with Crippen molar-refractivity contribution < 1.29 is 13.6 Å². The molecule has 0 aliphatic carbocycles. The Balaban J connectivity index is 2.75. The zero-order valence-electron chi connectivity index (χ0n) is 9.29. The van der Waals surface area contributed by atoms with E-state index in [9.17, 15) is 8.42 Å². The van der Waals surface area contributed by atoms with Gasteiger partial charge in [0.25, 0.3) is 0 Å². The third-order valence-electron chi connectivity index (χ3n) is 2.18. The van der Waals surface area contributed by atoms with Gasteiger partial charge in [0.2, 0.25) is 10.0 Å². The van der Waals surface area contributed by atoms with E-state index in [1.165, 1.54) is 12.4 Å². The van der Waals surface area contributed by atoms with E-state index in [1.54, 1.807) is 6.92 Å². The summed E-state index contributed by atoms with van der Waals surface area (Å²) in [5.41, 5.74) is 5.33. The number of H-pyrrole nitrogens is 1. The van der Waals surface area contributed by atoms with Crippen LogP contribution in [-0.4, -0.2) is 35.7 Å². The highest BCUT2D eigenvalue weighted by atomic mass is 32.2. The fourth-order valence-electron chi connectivity index (χ4n) is 1.24. The number of oxime groups is 1. The number of rotatable bonds is 6. The number of nitrogens with one attached hydrogen (secondary N) is 2. The standard InChI is InChI=1S/C8H15N5O3S/c1-2-6(3-8(9)12-14)13-17(15,16)7-4-10-11-5-7/h4-6,13-14H,2-3H2,1H3,(H2,9,12)(H,10,11). The molecule has 0 aliphatic rings. The summed E-state index contributed by atoms with van der Waals surface area (Å²) in [6, 6.07) is -0.425. The molecule has 1 atom stereocenters. The molecule has 1 aromatic rings. The zero-order valence-corrected chi connectivity index (χ0v) is 10.1. The van der Waals surface area contributed by atoms with Crippen molar-refractivity contribution >= 4 is 15.9 Å². The molecule has 0 radical (unpaired) electrons. The van der Waals surface area contributed by atoms with Crippen molar-refractivity contribution in [2.24, 2.45) is 10.9 Å². The van der Waals surface area contributed by atoms with Crippen LogP contribution in [0.15, 0.2) is 22.4 Å². The molecular formula is C8H15N5O3S.